The zero-order valence-corrected chi connectivity index (χ0v) is 11.5. The third kappa shape index (κ3) is 9.81. The number of rotatable bonds is 8. The summed E-state index contributed by atoms with van der Waals surface area (Å²) in [7, 11) is 1.83. The molecule has 3 nitrogen and oxygen atoms in total. The van der Waals surface area contributed by atoms with Crippen molar-refractivity contribution in [2.75, 3.05) is 20.1 Å². The van der Waals surface area contributed by atoms with Crippen molar-refractivity contribution in [3.05, 3.63) is 0 Å². The topological polar surface area (TPSA) is 36.4 Å². The molecule has 96 valence electrons. The molecule has 0 rings (SSSR count). The molecule has 0 aromatic heterocycles. The average Bonchev–Trinajstić information content (AvgIpc) is 2.26. The van der Waals surface area contributed by atoms with Crippen LogP contribution in [0.2, 0.25) is 0 Å². The minimum absolute atomic E-state index is 0.793. The second kappa shape index (κ2) is 10.8. The molecular weight excluding hydrogens is 198 g/mol. The maximum Gasteiger partial charge on any atom is 0.190 e. The van der Waals surface area contributed by atoms with Gasteiger partial charge in [0.1, 0.15) is 0 Å². The maximum atomic E-state index is 4.20. The van der Waals surface area contributed by atoms with Crippen LogP contribution in [0.25, 0.3) is 0 Å². The quantitative estimate of drug-likeness (QED) is 0.380. The van der Waals surface area contributed by atoms with Crippen molar-refractivity contribution in [3.8, 4) is 0 Å². The highest BCUT2D eigenvalue weighted by atomic mass is 15.2. The predicted octanol–water partition coefficient (Wildman–Crippen LogP) is 2.78. The lowest BCUT2D eigenvalue weighted by Gasteiger charge is -2.12. The monoisotopic (exact) mass is 227 g/mol. The van der Waals surface area contributed by atoms with E-state index in [1.54, 1.807) is 0 Å². The van der Waals surface area contributed by atoms with E-state index in [2.05, 4.69) is 36.4 Å². The molecule has 3 heteroatoms. The van der Waals surface area contributed by atoms with Crippen molar-refractivity contribution in [1.29, 1.82) is 0 Å². The second-order valence-electron chi connectivity index (χ2n) is 4.67. The highest BCUT2D eigenvalue weighted by Gasteiger charge is 1.97. The van der Waals surface area contributed by atoms with Crippen LogP contribution in [0.15, 0.2) is 4.99 Å². The number of hydrogen-bond acceptors (Lipinski definition) is 1. The lowest BCUT2D eigenvalue weighted by atomic mass is 10.1. The van der Waals surface area contributed by atoms with Crippen LogP contribution in [0, 0.1) is 5.92 Å². The molecule has 0 aromatic rings. The summed E-state index contributed by atoms with van der Waals surface area (Å²) in [5, 5.41) is 6.67. The second-order valence-corrected chi connectivity index (χ2v) is 4.67. The predicted molar refractivity (Wildman–Crippen MR) is 73.0 cm³/mol. The van der Waals surface area contributed by atoms with Crippen LogP contribution in [0.3, 0.4) is 0 Å². The van der Waals surface area contributed by atoms with Gasteiger partial charge in [0.25, 0.3) is 0 Å². The number of hydrogen-bond donors (Lipinski definition) is 2. The van der Waals surface area contributed by atoms with E-state index in [0.717, 1.165) is 25.0 Å². The molecule has 0 unspecified atom stereocenters. The lowest BCUT2D eigenvalue weighted by molar-refractivity contribution is 0.549. The van der Waals surface area contributed by atoms with Gasteiger partial charge in [0.2, 0.25) is 0 Å². The molecule has 0 aliphatic rings. The van der Waals surface area contributed by atoms with E-state index in [1.807, 2.05) is 7.05 Å². The first-order chi connectivity index (χ1) is 7.70. The molecule has 0 aliphatic carbocycles. The molecule has 0 atom stereocenters. The lowest BCUT2D eigenvalue weighted by Crippen LogP contribution is -2.38. The zero-order chi connectivity index (χ0) is 12.2. The molecule has 0 fully saturated rings. The summed E-state index contributed by atoms with van der Waals surface area (Å²) in [5.41, 5.74) is 0. The first-order valence-electron chi connectivity index (χ1n) is 6.65. The van der Waals surface area contributed by atoms with E-state index in [4.69, 9.17) is 0 Å². The molecule has 0 aliphatic heterocycles. The fourth-order valence-corrected chi connectivity index (χ4v) is 1.52. The Morgan fingerprint density at radius 3 is 2.19 bits per heavy atom. The number of aliphatic imine (C=N–C) groups is 1. The van der Waals surface area contributed by atoms with Crippen molar-refractivity contribution in [2.45, 2.75) is 52.9 Å². The Kier molecular flexibility index (Phi) is 10.3. The Morgan fingerprint density at radius 2 is 1.69 bits per heavy atom. The molecule has 0 aromatic carbocycles. The van der Waals surface area contributed by atoms with E-state index in [1.165, 1.54) is 32.1 Å². The van der Waals surface area contributed by atoms with Crippen molar-refractivity contribution in [1.82, 2.24) is 10.6 Å². The van der Waals surface area contributed by atoms with Crippen LogP contribution in [0.4, 0.5) is 0 Å². The van der Waals surface area contributed by atoms with Crippen molar-refractivity contribution < 1.29 is 0 Å². The van der Waals surface area contributed by atoms with Gasteiger partial charge in [-0.3, -0.25) is 4.99 Å². The van der Waals surface area contributed by atoms with Gasteiger partial charge in [0.15, 0.2) is 5.96 Å². The molecular formula is C13H29N3. The van der Waals surface area contributed by atoms with Crippen LogP contribution in [-0.4, -0.2) is 26.1 Å². The highest BCUT2D eigenvalue weighted by molar-refractivity contribution is 5.79. The Morgan fingerprint density at radius 1 is 1.06 bits per heavy atom. The van der Waals surface area contributed by atoms with Crippen LogP contribution >= 0.6 is 0 Å². The van der Waals surface area contributed by atoms with E-state index in [9.17, 15) is 0 Å². The first kappa shape index (κ1) is 15.3. The van der Waals surface area contributed by atoms with Crippen LogP contribution < -0.4 is 10.6 Å². The third-order valence-corrected chi connectivity index (χ3v) is 2.55. The summed E-state index contributed by atoms with van der Waals surface area (Å²) >= 11 is 0. The Labute approximate surface area is 101 Å². The standard InChI is InChI=1S/C13H29N3/c1-5-6-7-10-15-13(14-4)16-11-8-9-12(2)3/h12H,5-11H2,1-4H3,(H2,14,15,16). The SMILES string of the molecule is CCCCCNC(=NC)NCCCC(C)C. The van der Waals surface area contributed by atoms with Crippen LogP contribution in [0.1, 0.15) is 52.9 Å². The largest absolute Gasteiger partial charge is 0.356 e. The van der Waals surface area contributed by atoms with Gasteiger partial charge >= 0.3 is 0 Å². The summed E-state index contributed by atoms with van der Waals surface area (Å²) in [4.78, 5) is 4.20. The number of guanidine groups is 1. The normalized spacial score (nSPS) is 11.9. The Hall–Kier alpha value is -0.730. The summed E-state index contributed by atoms with van der Waals surface area (Å²) in [6, 6.07) is 0. The summed E-state index contributed by atoms with van der Waals surface area (Å²) in [5.74, 6) is 1.74. The molecule has 0 spiro atoms. The van der Waals surface area contributed by atoms with E-state index in [0.29, 0.717) is 0 Å². The summed E-state index contributed by atoms with van der Waals surface area (Å²) in [6.45, 7) is 8.79. The van der Waals surface area contributed by atoms with Gasteiger partial charge in [-0.15, -0.1) is 0 Å². The maximum absolute atomic E-state index is 4.20. The van der Waals surface area contributed by atoms with Crippen LogP contribution in [-0.2, 0) is 0 Å². The van der Waals surface area contributed by atoms with Gasteiger partial charge in [-0.2, -0.15) is 0 Å². The molecule has 16 heavy (non-hydrogen) atoms. The van der Waals surface area contributed by atoms with Gasteiger partial charge in [-0.1, -0.05) is 33.6 Å². The minimum Gasteiger partial charge on any atom is -0.356 e. The van der Waals surface area contributed by atoms with Gasteiger partial charge in [0, 0.05) is 20.1 Å². The molecule has 0 saturated carbocycles. The molecule has 0 amide bonds. The summed E-state index contributed by atoms with van der Waals surface area (Å²) < 4.78 is 0. The van der Waals surface area contributed by atoms with Gasteiger partial charge < -0.3 is 10.6 Å². The zero-order valence-electron chi connectivity index (χ0n) is 11.5. The minimum atomic E-state index is 0.793. The number of nitrogens with one attached hydrogen (secondary N) is 2. The Balaban J connectivity index is 3.45. The van der Waals surface area contributed by atoms with E-state index < -0.39 is 0 Å². The number of nitrogens with zero attached hydrogens (tertiary/aromatic N) is 1. The van der Waals surface area contributed by atoms with Crippen molar-refractivity contribution >= 4 is 5.96 Å². The van der Waals surface area contributed by atoms with Gasteiger partial charge in [-0.25, -0.2) is 0 Å². The molecule has 2 N–H and O–H groups in total. The molecule has 0 bridgehead atoms. The van der Waals surface area contributed by atoms with E-state index >= 15 is 0 Å². The van der Waals surface area contributed by atoms with Gasteiger partial charge in [-0.05, 0) is 25.2 Å². The fourth-order valence-electron chi connectivity index (χ4n) is 1.52. The van der Waals surface area contributed by atoms with Gasteiger partial charge in [0.05, 0.1) is 0 Å². The summed E-state index contributed by atoms with van der Waals surface area (Å²) in [6.07, 6.45) is 6.27. The molecule has 0 saturated heterocycles. The molecule has 0 heterocycles. The fraction of sp³-hybridized carbons (Fsp3) is 0.923. The van der Waals surface area contributed by atoms with Crippen molar-refractivity contribution in [2.24, 2.45) is 10.9 Å². The first-order valence-corrected chi connectivity index (χ1v) is 6.65. The van der Waals surface area contributed by atoms with E-state index in [-0.39, 0.29) is 0 Å². The smallest absolute Gasteiger partial charge is 0.190 e. The average molecular weight is 227 g/mol. The Bertz CT molecular complexity index is 176. The molecule has 0 radical (unpaired) electrons. The third-order valence-electron chi connectivity index (χ3n) is 2.55. The number of unbranched alkanes of at least 4 members (excludes halogenated alkanes) is 2. The van der Waals surface area contributed by atoms with Crippen LogP contribution in [0.5, 0.6) is 0 Å². The van der Waals surface area contributed by atoms with Crippen molar-refractivity contribution in [3.63, 3.8) is 0 Å². The highest BCUT2D eigenvalue weighted by Crippen LogP contribution is 2.01.